The van der Waals surface area contributed by atoms with Crippen molar-refractivity contribution in [1.82, 2.24) is 15.0 Å². The van der Waals surface area contributed by atoms with Crippen molar-refractivity contribution in [3.63, 3.8) is 0 Å². The number of carboxylic acids is 1. The summed E-state index contributed by atoms with van der Waals surface area (Å²) in [4.78, 5) is 29.3. The van der Waals surface area contributed by atoms with E-state index in [2.05, 4.69) is 10.1 Å². The first-order chi connectivity index (χ1) is 11.6. The van der Waals surface area contributed by atoms with E-state index in [0.29, 0.717) is 18.1 Å². The fraction of sp³-hybridized carbons (Fsp3) is 0.467. The molecule has 3 heterocycles. The SMILES string of the molecule is COC1CC(C(=O)O)N(C(=O)CCc2nc(-c3ccsc3)no2)C1. The number of carboxylic acid groups (broad SMARTS) is 1. The van der Waals surface area contributed by atoms with Crippen molar-refractivity contribution in [2.45, 2.75) is 31.4 Å². The molecule has 8 nitrogen and oxygen atoms in total. The van der Waals surface area contributed by atoms with Crippen molar-refractivity contribution in [2.24, 2.45) is 0 Å². The first kappa shape index (κ1) is 16.6. The van der Waals surface area contributed by atoms with Crippen LogP contribution >= 0.6 is 11.3 Å². The summed E-state index contributed by atoms with van der Waals surface area (Å²) in [5.41, 5.74) is 0.870. The van der Waals surface area contributed by atoms with Gasteiger partial charge in [0.1, 0.15) is 6.04 Å². The van der Waals surface area contributed by atoms with E-state index >= 15 is 0 Å². The highest BCUT2D eigenvalue weighted by molar-refractivity contribution is 7.08. The van der Waals surface area contributed by atoms with Gasteiger partial charge >= 0.3 is 5.97 Å². The number of hydrogen-bond donors (Lipinski definition) is 1. The topological polar surface area (TPSA) is 106 Å². The van der Waals surface area contributed by atoms with Crippen LogP contribution < -0.4 is 0 Å². The summed E-state index contributed by atoms with van der Waals surface area (Å²) < 4.78 is 10.3. The lowest BCUT2D eigenvalue weighted by Crippen LogP contribution is -2.40. The van der Waals surface area contributed by atoms with Crippen LogP contribution in [0.3, 0.4) is 0 Å². The van der Waals surface area contributed by atoms with E-state index in [1.165, 1.54) is 23.3 Å². The fourth-order valence-corrected chi connectivity index (χ4v) is 3.34. The normalized spacial score (nSPS) is 20.5. The highest BCUT2D eigenvalue weighted by Crippen LogP contribution is 2.22. The second kappa shape index (κ2) is 7.10. The number of likely N-dealkylation sites (tertiary alicyclic amines) is 1. The molecule has 0 saturated carbocycles. The number of aliphatic carboxylic acids is 1. The van der Waals surface area contributed by atoms with E-state index in [9.17, 15) is 14.7 Å². The Hall–Kier alpha value is -2.26. The number of hydrogen-bond acceptors (Lipinski definition) is 7. The predicted molar refractivity (Wildman–Crippen MR) is 84.5 cm³/mol. The van der Waals surface area contributed by atoms with Crippen LogP contribution in [0.5, 0.6) is 0 Å². The van der Waals surface area contributed by atoms with Gasteiger partial charge in [0.15, 0.2) is 0 Å². The Kier molecular flexibility index (Phi) is 4.91. The van der Waals surface area contributed by atoms with Crippen LogP contribution in [0.15, 0.2) is 21.3 Å². The summed E-state index contributed by atoms with van der Waals surface area (Å²) in [7, 11) is 1.52. The van der Waals surface area contributed by atoms with Gasteiger partial charge in [-0.2, -0.15) is 16.3 Å². The predicted octanol–water partition coefficient (Wildman–Crippen LogP) is 1.43. The minimum atomic E-state index is -1.01. The summed E-state index contributed by atoms with van der Waals surface area (Å²) in [6.07, 6.45) is 0.450. The van der Waals surface area contributed by atoms with Gasteiger partial charge < -0.3 is 19.3 Å². The summed E-state index contributed by atoms with van der Waals surface area (Å²) in [6, 6.07) is 1.04. The van der Waals surface area contributed by atoms with Crippen molar-refractivity contribution in [2.75, 3.05) is 13.7 Å². The molecule has 2 atom stereocenters. The number of aryl methyl sites for hydroxylation is 1. The van der Waals surface area contributed by atoms with Crippen LogP contribution in [-0.2, 0) is 20.7 Å². The van der Waals surface area contributed by atoms with Crippen molar-refractivity contribution in [3.05, 3.63) is 22.7 Å². The number of nitrogens with zero attached hydrogens (tertiary/aromatic N) is 3. The maximum Gasteiger partial charge on any atom is 0.326 e. The Morgan fingerprint density at radius 2 is 2.38 bits per heavy atom. The number of carbonyl (C=O) groups excluding carboxylic acids is 1. The molecule has 1 aliphatic heterocycles. The molecule has 1 aliphatic rings. The third kappa shape index (κ3) is 3.46. The minimum absolute atomic E-state index is 0.117. The Balaban J connectivity index is 1.60. The summed E-state index contributed by atoms with van der Waals surface area (Å²) in [6.45, 7) is 0.288. The van der Waals surface area contributed by atoms with Crippen LogP contribution in [0.4, 0.5) is 0 Å². The largest absolute Gasteiger partial charge is 0.480 e. The molecule has 9 heteroatoms. The van der Waals surface area contributed by atoms with Crippen LogP contribution in [0.2, 0.25) is 0 Å². The van der Waals surface area contributed by atoms with Crippen molar-refractivity contribution in [1.29, 1.82) is 0 Å². The second-order valence-electron chi connectivity index (χ2n) is 5.52. The van der Waals surface area contributed by atoms with Crippen LogP contribution in [0.1, 0.15) is 18.7 Å². The summed E-state index contributed by atoms with van der Waals surface area (Å²) in [5.74, 6) is -0.417. The number of ether oxygens (including phenoxy) is 1. The second-order valence-corrected chi connectivity index (χ2v) is 6.30. The number of methoxy groups -OCH3 is 1. The van der Waals surface area contributed by atoms with E-state index in [1.807, 2.05) is 16.8 Å². The van der Waals surface area contributed by atoms with Gasteiger partial charge in [-0.15, -0.1) is 0 Å². The van der Waals surface area contributed by atoms with Crippen LogP contribution in [0.25, 0.3) is 11.4 Å². The zero-order valence-electron chi connectivity index (χ0n) is 13.0. The first-order valence-corrected chi connectivity index (χ1v) is 8.43. The lowest BCUT2D eigenvalue weighted by Gasteiger charge is -2.20. The maximum atomic E-state index is 12.3. The standard InChI is InChI=1S/C15H17N3O5S/c1-22-10-6-11(15(20)21)18(7-10)13(19)3-2-12-16-14(17-23-12)9-4-5-24-8-9/h4-5,8,10-11H,2-3,6-7H2,1H3,(H,20,21). The van der Waals surface area contributed by atoms with Crippen molar-refractivity contribution < 1.29 is 24.0 Å². The monoisotopic (exact) mass is 351 g/mol. The molecule has 2 aromatic rings. The third-order valence-corrected chi connectivity index (χ3v) is 4.68. The molecule has 2 unspecified atom stereocenters. The molecule has 0 aliphatic carbocycles. The van der Waals surface area contributed by atoms with E-state index < -0.39 is 12.0 Å². The number of carbonyl (C=O) groups is 2. The maximum absolute atomic E-state index is 12.3. The summed E-state index contributed by atoms with van der Waals surface area (Å²) in [5, 5.41) is 17.0. The molecule has 1 amide bonds. The van der Waals surface area contributed by atoms with Gasteiger partial charge in [0, 0.05) is 43.9 Å². The quantitative estimate of drug-likeness (QED) is 0.839. The van der Waals surface area contributed by atoms with E-state index in [0.717, 1.165) is 5.56 Å². The minimum Gasteiger partial charge on any atom is -0.480 e. The summed E-state index contributed by atoms with van der Waals surface area (Å²) >= 11 is 1.53. The zero-order valence-corrected chi connectivity index (χ0v) is 13.9. The van der Waals surface area contributed by atoms with Crippen LogP contribution in [-0.4, -0.2) is 57.8 Å². The molecule has 1 N–H and O–H groups in total. The molecule has 24 heavy (non-hydrogen) atoms. The fourth-order valence-electron chi connectivity index (χ4n) is 2.70. The zero-order chi connectivity index (χ0) is 17.1. The average molecular weight is 351 g/mol. The van der Waals surface area contributed by atoms with E-state index in [1.54, 1.807) is 0 Å². The number of amides is 1. The Morgan fingerprint density at radius 1 is 1.54 bits per heavy atom. The van der Waals surface area contributed by atoms with Crippen molar-refractivity contribution in [3.8, 4) is 11.4 Å². The molecule has 0 radical (unpaired) electrons. The van der Waals surface area contributed by atoms with Gasteiger partial charge in [0.2, 0.25) is 17.6 Å². The molecule has 3 rings (SSSR count). The highest BCUT2D eigenvalue weighted by atomic mass is 32.1. The number of rotatable bonds is 6. The molecular formula is C15H17N3O5S. The molecule has 0 aromatic carbocycles. The Labute approximate surface area is 142 Å². The van der Waals surface area contributed by atoms with E-state index in [-0.39, 0.29) is 31.4 Å². The molecule has 2 aromatic heterocycles. The average Bonchev–Trinajstić information content (AvgIpc) is 3.31. The molecule has 128 valence electrons. The molecule has 1 fully saturated rings. The lowest BCUT2D eigenvalue weighted by molar-refractivity contribution is -0.148. The first-order valence-electron chi connectivity index (χ1n) is 7.48. The number of aromatic nitrogens is 2. The van der Waals surface area contributed by atoms with Gasteiger partial charge in [-0.25, -0.2) is 4.79 Å². The third-order valence-electron chi connectivity index (χ3n) is 4.00. The van der Waals surface area contributed by atoms with Gasteiger partial charge in [0.25, 0.3) is 0 Å². The van der Waals surface area contributed by atoms with Gasteiger partial charge in [0.05, 0.1) is 6.10 Å². The molecule has 0 bridgehead atoms. The van der Waals surface area contributed by atoms with Gasteiger partial charge in [-0.1, -0.05) is 5.16 Å². The Morgan fingerprint density at radius 3 is 3.04 bits per heavy atom. The van der Waals surface area contributed by atoms with E-state index in [4.69, 9.17) is 9.26 Å². The number of thiophene rings is 1. The van der Waals surface area contributed by atoms with Gasteiger partial charge in [-0.3, -0.25) is 4.79 Å². The molecule has 0 spiro atoms. The van der Waals surface area contributed by atoms with Gasteiger partial charge in [-0.05, 0) is 11.4 Å². The van der Waals surface area contributed by atoms with Crippen LogP contribution in [0, 0.1) is 0 Å². The molecule has 1 saturated heterocycles. The smallest absolute Gasteiger partial charge is 0.326 e. The lowest BCUT2D eigenvalue weighted by atomic mass is 10.2. The molecular weight excluding hydrogens is 334 g/mol. The van der Waals surface area contributed by atoms with Crippen molar-refractivity contribution >= 4 is 23.2 Å². The highest BCUT2D eigenvalue weighted by Gasteiger charge is 2.39. The Bertz CT molecular complexity index is 715.